The highest BCUT2D eigenvalue weighted by molar-refractivity contribution is 6.35. The van der Waals surface area contributed by atoms with Crippen LogP contribution in [-0.2, 0) is 9.59 Å². The van der Waals surface area contributed by atoms with Crippen molar-refractivity contribution >= 4 is 11.8 Å². The van der Waals surface area contributed by atoms with E-state index in [0.29, 0.717) is 19.6 Å². The lowest BCUT2D eigenvalue weighted by atomic mass is 10.0. The number of nitrogens with two attached hydrogens (primary N) is 1. The number of hydrogen-bond acceptors (Lipinski definition) is 4. The van der Waals surface area contributed by atoms with Crippen LogP contribution in [0, 0.1) is 0 Å². The molecule has 1 aromatic rings. The van der Waals surface area contributed by atoms with E-state index in [1.54, 1.807) is 0 Å². The Morgan fingerprint density at radius 2 is 2.11 bits per heavy atom. The van der Waals surface area contributed by atoms with E-state index < -0.39 is 11.8 Å². The van der Waals surface area contributed by atoms with E-state index in [1.807, 2.05) is 24.3 Å². The van der Waals surface area contributed by atoms with E-state index in [4.69, 9.17) is 10.5 Å². The van der Waals surface area contributed by atoms with E-state index in [9.17, 15) is 9.59 Å². The monoisotopic (exact) mass is 263 g/mol. The van der Waals surface area contributed by atoms with Gasteiger partial charge in [-0.05, 0) is 6.07 Å². The summed E-state index contributed by atoms with van der Waals surface area (Å²) in [5.74, 6) is -0.550. The first-order valence-corrected chi connectivity index (χ1v) is 6.23. The molecule has 6 heteroatoms. The number of fused-ring (bicyclic) bond motifs is 1. The lowest BCUT2D eigenvalue weighted by molar-refractivity contribution is -0.139. The molecule has 19 heavy (non-hydrogen) atoms. The predicted molar refractivity (Wildman–Crippen MR) is 69.5 cm³/mol. The maximum absolute atomic E-state index is 11.7. The maximum atomic E-state index is 11.7. The van der Waals surface area contributed by atoms with Gasteiger partial charge in [-0.3, -0.25) is 9.59 Å². The zero-order chi connectivity index (χ0) is 13.7. The molecule has 2 rings (SSSR count). The molecule has 1 heterocycles. The highest BCUT2D eigenvalue weighted by atomic mass is 16.5. The van der Waals surface area contributed by atoms with Crippen LogP contribution in [0.25, 0.3) is 0 Å². The summed E-state index contributed by atoms with van der Waals surface area (Å²) >= 11 is 0. The van der Waals surface area contributed by atoms with Gasteiger partial charge in [-0.25, -0.2) is 0 Å². The van der Waals surface area contributed by atoms with Gasteiger partial charge in [0.2, 0.25) is 0 Å². The van der Waals surface area contributed by atoms with Crippen molar-refractivity contribution in [1.29, 1.82) is 0 Å². The number of rotatable bonds is 3. The van der Waals surface area contributed by atoms with Crippen LogP contribution in [-0.4, -0.2) is 31.5 Å². The summed E-state index contributed by atoms with van der Waals surface area (Å²) in [6.45, 7) is 1.11. The summed E-state index contributed by atoms with van der Waals surface area (Å²) < 4.78 is 5.49. The summed E-state index contributed by atoms with van der Waals surface area (Å²) in [5, 5.41) is 5.15. The number of amides is 2. The van der Waals surface area contributed by atoms with Crippen LogP contribution in [0.1, 0.15) is 18.0 Å². The molecule has 2 amide bonds. The molecule has 4 N–H and O–H groups in total. The Hall–Kier alpha value is -2.08. The van der Waals surface area contributed by atoms with Gasteiger partial charge in [-0.2, -0.15) is 0 Å². The van der Waals surface area contributed by atoms with Crippen LogP contribution in [0.2, 0.25) is 0 Å². The molecule has 6 nitrogen and oxygen atoms in total. The van der Waals surface area contributed by atoms with Gasteiger partial charge >= 0.3 is 11.8 Å². The quantitative estimate of drug-likeness (QED) is 0.653. The average Bonchev–Trinajstić information content (AvgIpc) is 2.45. The molecule has 0 saturated carbocycles. The van der Waals surface area contributed by atoms with Gasteiger partial charge in [-0.1, -0.05) is 18.2 Å². The topological polar surface area (TPSA) is 93.5 Å². The Kier molecular flexibility index (Phi) is 4.35. The molecule has 1 unspecified atom stereocenters. The smallest absolute Gasteiger partial charge is 0.309 e. The zero-order valence-electron chi connectivity index (χ0n) is 10.5. The highest BCUT2D eigenvalue weighted by Crippen LogP contribution is 2.31. The first-order chi connectivity index (χ1) is 9.22. The zero-order valence-corrected chi connectivity index (χ0v) is 10.5. The van der Waals surface area contributed by atoms with Gasteiger partial charge < -0.3 is 21.1 Å². The average molecular weight is 263 g/mol. The number of nitrogens with one attached hydrogen (secondary N) is 2. The standard InChI is InChI=1S/C13H17N3O3/c14-6-7-15-12(17)13(18)16-10-5-8-19-11-4-2-1-3-9(10)11/h1-4,10H,5-8,14H2,(H,15,17)(H,16,18). The molecule has 1 aromatic carbocycles. The third kappa shape index (κ3) is 3.23. The number of carbonyl (C=O) groups is 2. The lowest BCUT2D eigenvalue weighted by Crippen LogP contribution is -2.43. The first-order valence-electron chi connectivity index (χ1n) is 6.23. The van der Waals surface area contributed by atoms with Crippen LogP contribution in [0.15, 0.2) is 24.3 Å². The van der Waals surface area contributed by atoms with E-state index in [0.717, 1.165) is 11.3 Å². The Morgan fingerprint density at radius 1 is 1.32 bits per heavy atom. The van der Waals surface area contributed by atoms with Crippen molar-refractivity contribution in [2.75, 3.05) is 19.7 Å². The van der Waals surface area contributed by atoms with E-state index in [-0.39, 0.29) is 12.6 Å². The summed E-state index contributed by atoms with van der Waals surface area (Å²) in [7, 11) is 0. The van der Waals surface area contributed by atoms with E-state index >= 15 is 0 Å². The van der Waals surface area contributed by atoms with Gasteiger partial charge in [0.15, 0.2) is 0 Å². The molecular formula is C13H17N3O3. The normalized spacial score (nSPS) is 17.0. The molecule has 0 aromatic heterocycles. The second-order valence-electron chi connectivity index (χ2n) is 4.25. The van der Waals surface area contributed by atoms with Gasteiger partial charge in [0.25, 0.3) is 0 Å². The molecule has 0 aliphatic carbocycles. The van der Waals surface area contributed by atoms with Crippen molar-refractivity contribution in [1.82, 2.24) is 10.6 Å². The fourth-order valence-corrected chi connectivity index (χ4v) is 1.98. The molecule has 1 aliphatic heterocycles. The summed E-state index contributed by atoms with van der Waals surface area (Å²) in [6, 6.07) is 7.29. The van der Waals surface area contributed by atoms with Gasteiger partial charge in [0.05, 0.1) is 12.6 Å². The first kappa shape index (κ1) is 13.4. The maximum Gasteiger partial charge on any atom is 0.309 e. The minimum atomic E-state index is -0.658. The largest absolute Gasteiger partial charge is 0.493 e. The lowest BCUT2D eigenvalue weighted by Gasteiger charge is -2.26. The van der Waals surface area contributed by atoms with Crippen molar-refractivity contribution in [3.8, 4) is 5.75 Å². The van der Waals surface area contributed by atoms with E-state index in [2.05, 4.69) is 10.6 Å². The molecule has 0 bridgehead atoms. The van der Waals surface area contributed by atoms with Crippen LogP contribution < -0.4 is 21.1 Å². The third-order valence-corrected chi connectivity index (χ3v) is 2.90. The number of benzene rings is 1. The predicted octanol–water partition coefficient (Wildman–Crippen LogP) is -0.299. The Balaban J connectivity index is 2.00. The van der Waals surface area contributed by atoms with Gasteiger partial charge in [0.1, 0.15) is 5.75 Å². The van der Waals surface area contributed by atoms with Crippen molar-refractivity contribution in [3.63, 3.8) is 0 Å². The van der Waals surface area contributed by atoms with Crippen molar-refractivity contribution in [2.24, 2.45) is 5.73 Å². The molecule has 0 radical (unpaired) electrons. The Morgan fingerprint density at radius 3 is 2.89 bits per heavy atom. The number of para-hydroxylation sites is 1. The fourth-order valence-electron chi connectivity index (χ4n) is 1.98. The van der Waals surface area contributed by atoms with E-state index in [1.165, 1.54) is 0 Å². The Labute approximate surface area is 111 Å². The summed E-state index contributed by atoms with van der Waals surface area (Å²) in [5.41, 5.74) is 6.16. The molecule has 1 aliphatic rings. The van der Waals surface area contributed by atoms with Crippen molar-refractivity contribution in [2.45, 2.75) is 12.5 Å². The molecule has 0 saturated heterocycles. The van der Waals surface area contributed by atoms with Crippen molar-refractivity contribution in [3.05, 3.63) is 29.8 Å². The summed E-state index contributed by atoms with van der Waals surface area (Å²) in [4.78, 5) is 23.2. The number of hydrogen-bond donors (Lipinski definition) is 3. The molecule has 0 fully saturated rings. The SMILES string of the molecule is NCCNC(=O)C(=O)NC1CCOc2ccccc21. The fraction of sp³-hybridized carbons (Fsp3) is 0.385. The van der Waals surface area contributed by atoms with Gasteiger partial charge in [-0.15, -0.1) is 0 Å². The van der Waals surface area contributed by atoms with Crippen LogP contribution in [0.5, 0.6) is 5.75 Å². The third-order valence-electron chi connectivity index (χ3n) is 2.90. The number of ether oxygens (including phenoxy) is 1. The van der Waals surface area contributed by atoms with Gasteiger partial charge in [0, 0.05) is 25.1 Å². The minimum Gasteiger partial charge on any atom is -0.493 e. The molecular weight excluding hydrogens is 246 g/mol. The molecule has 1 atom stereocenters. The Bertz CT molecular complexity index is 476. The second kappa shape index (κ2) is 6.19. The second-order valence-corrected chi connectivity index (χ2v) is 4.25. The molecule has 102 valence electrons. The highest BCUT2D eigenvalue weighted by Gasteiger charge is 2.24. The summed E-state index contributed by atoms with van der Waals surface area (Å²) in [6.07, 6.45) is 0.646. The van der Waals surface area contributed by atoms with Crippen LogP contribution in [0.3, 0.4) is 0 Å². The minimum absolute atomic E-state index is 0.193. The molecule has 0 spiro atoms. The van der Waals surface area contributed by atoms with Crippen LogP contribution >= 0.6 is 0 Å². The van der Waals surface area contributed by atoms with Crippen molar-refractivity contribution < 1.29 is 14.3 Å². The van der Waals surface area contributed by atoms with Crippen LogP contribution in [0.4, 0.5) is 0 Å². The number of carbonyl (C=O) groups excluding carboxylic acids is 2.